The van der Waals surface area contributed by atoms with Crippen LogP contribution in [0.3, 0.4) is 0 Å². The molecule has 12 heavy (non-hydrogen) atoms. The summed E-state index contributed by atoms with van der Waals surface area (Å²) < 4.78 is 11.4. The van der Waals surface area contributed by atoms with Crippen LogP contribution in [0.1, 0.15) is 5.56 Å². The number of benzene rings is 1. The lowest BCUT2D eigenvalue weighted by Gasteiger charge is -2.12. The smallest absolute Gasteiger partial charge is 0.164 e. The SMILES string of the molecule is Cc1ccccc1NP(C)(C)=O. The highest BCUT2D eigenvalue weighted by molar-refractivity contribution is 7.63. The molecule has 1 N–H and O–H groups in total. The fourth-order valence-electron chi connectivity index (χ4n) is 0.988. The molecule has 0 heterocycles. The maximum absolute atomic E-state index is 11.4. The molecule has 0 fully saturated rings. The molecular weight excluding hydrogens is 169 g/mol. The van der Waals surface area contributed by atoms with Gasteiger partial charge in [0.05, 0.1) is 0 Å². The Morgan fingerprint density at radius 2 is 1.83 bits per heavy atom. The van der Waals surface area contributed by atoms with E-state index in [1.807, 2.05) is 31.2 Å². The third-order valence-corrected chi connectivity index (χ3v) is 2.31. The Hall–Kier alpha value is -0.750. The summed E-state index contributed by atoms with van der Waals surface area (Å²) in [5.74, 6) is 0. The molecule has 1 aromatic carbocycles. The van der Waals surface area contributed by atoms with Crippen LogP contribution in [0, 0.1) is 6.92 Å². The minimum Gasteiger partial charge on any atom is -0.336 e. The molecule has 0 bridgehead atoms. The third-order valence-electron chi connectivity index (χ3n) is 1.53. The van der Waals surface area contributed by atoms with Crippen LogP contribution in [-0.4, -0.2) is 13.3 Å². The van der Waals surface area contributed by atoms with Gasteiger partial charge in [0.1, 0.15) is 0 Å². The molecule has 1 rings (SSSR count). The summed E-state index contributed by atoms with van der Waals surface area (Å²) in [6.07, 6.45) is 0. The average Bonchev–Trinajstić information content (AvgIpc) is 1.91. The van der Waals surface area contributed by atoms with Crippen molar-refractivity contribution in [3.8, 4) is 0 Å². The number of hydrogen-bond donors (Lipinski definition) is 1. The summed E-state index contributed by atoms with van der Waals surface area (Å²) in [6, 6.07) is 7.84. The Labute approximate surface area is 73.4 Å². The first-order valence-corrected chi connectivity index (χ1v) is 6.48. The van der Waals surface area contributed by atoms with Crippen LogP contribution in [-0.2, 0) is 4.57 Å². The Balaban J connectivity index is 2.90. The van der Waals surface area contributed by atoms with E-state index in [9.17, 15) is 4.57 Å². The molecule has 0 unspecified atom stereocenters. The van der Waals surface area contributed by atoms with Crippen molar-refractivity contribution < 1.29 is 4.57 Å². The lowest BCUT2D eigenvalue weighted by molar-refractivity contribution is 0.585. The topological polar surface area (TPSA) is 29.1 Å². The highest BCUT2D eigenvalue weighted by Crippen LogP contribution is 2.37. The Kier molecular flexibility index (Phi) is 2.58. The maximum atomic E-state index is 11.4. The molecule has 0 radical (unpaired) electrons. The largest absolute Gasteiger partial charge is 0.336 e. The van der Waals surface area contributed by atoms with Gasteiger partial charge in [0.15, 0.2) is 7.29 Å². The fourth-order valence-corrected chi connectivity index (χ4v) is 1.82. The van der Waals surface area contributed by atoms with Crippen LogP contribution < -0.4 is 5.09 Å². The van der Waals surface area contributed by atoms with Crippen LogP contribution >= 0.6 is 7.29 Å². The Morgan fingerprint density at radius 1 is 1.25 bits per heavy atom. The van der Waals surface area contributed by atoms with Gasteiger partial charge in [-0.1, -0.05) is 18.2 Å². The maximum Gasteiger partial charge on any atom is 0.164 e. The highest BCUT2D eigenvalue weighted by Gasteiger charge is 2.06. The fraction of sp³-hybridized carbons (Fsp3) is 0.333. The van der Waals surface area contributed by atoms with Crippen molar-refractivity contribution in [2.24, 2.45) is 0 Å². The van der Waals surface area contributed by atoms with Gasteiger partial charge in [-0.3, -0.25) is 0 Å². The molecule has 1 aromatic rings. The minimum atomic E-state index is -2.16. The van der Waals surface area contributed by atoms with Gasteiger partial charge >= 0.3 is 0 Å². The van der Waals surface area contributed by atoms with Gasteiger partial charge in [0, 0.05) is 19.0 Å². The summed E-state index contributed by atoms with van der Waals surface area (Å²) >= 11 is 0. The van der Waals surface area contributed by atoms with Crippen LogP contribution in [0.4, 0.5) is 5.69 Å². The normalized spacial score (nSPS) is 11.2. The molecule has 2 nitrogen and oxygen atoms in total. The predicted octanol–water partition coefficient (Wildman–Crippen LogP) is 2.94. The van der Waals surface area contributed by atoms with Gasteiger partial charge in [-0.2, -0.15) is 0 Å². The van der Waals surface area contributed by atoms with Crippen molar-refractivity contribution in [2.75, 3.05) is 18.4 Å². The number of nitrogens with one attached hydrogen (secondary N) is 1. The van der Waals surface area contributed by atoms with Crippen molar-refractivity contribution in [3.63, 3.8) is 0 Å². The molecule has 0 spiro atoms. The minimum absolute atomic E-state index is 0.964. The molecule has 0 aliphatic carbocycles. The van der Waals surface area contributed by atoms with Gasteiger partial charge in [-0.15, -0.1) is 0 Å². The quantitative estimate of drug-likeness (QED) is 0.714. The lowest BCUT2D eigenvalue weighted by Crippen LogP contribution is -1.94. The van der Waals surface area contributed by atoms with E-state index in [0.717, 1.165) is 11.3 Å². The van der Waals surface area contributed by atoms with Crippen LogP contribution in [0.25, 0.3) is 0 Å². The zero-order valence-corrected chi connectivity index (χ0v) is 8.56. The molecule has 0 saturated carbocycles. The van der Waals surface area contributed by atoms with Gasteiger partial charge in [0.2, 0.25) is 0 Å². The zero-order valence-electron chi connectivity index (χ0n) is 7.66. The van der Waals surface area contributed by atoms with E-state index in [1.54, 1.807) is 13.3 Å². The monoisotopic (exact) mass is 183 g/mol. The molecule has 0 saturated heterocycles. The van der Waals surface area contributed by atoms with E-state index in [4.69, 9.17) is 0 Å². The number of anilines is 1. The van der Waals surface area contributed by atoms with Crippen LogP contribution in [0.15, 0.2) is 24.3 Å². The van der Waals surface area contributed by atoms with Crippen molar-refractivity contribution in [1.82, 2.24) is 0 Å². The number of rotatable bonds is 2. The van der Waals surface area contributed by atoms with Gasteiger partial charge in [0.25, 0.3) is 0 Å². The third kappa shape index (κ3) is 2.71. The summed E-state index contributed by atoms with van der Waals surface area (Å²) in [5.41, 5.74) is 2.09. The van der Waals surface area contributed by atoms with Gasteiger partial charge < -0.3 is 9.65 Å². The van der Waals surface area contributed by atoms with E-state index in [-0.39, 0.29) is 0 Å². The van der Waals surface area contributed by atoms with Crippen LogP contribution in [0.5, 0.6) is 0 Å². The van der Waals surface area contributed by atoms with E-state index in [2.05, 4.69) is 5.09 Å². The highest BCUT2D eigenvalue weighted by atomic mass is 31.2. The predicted molar refractivity (Wildman–Crippen MR) is 54.3 cm³/mol. The molecule has 0 atom stereocenters. The average molecular weight is 183 g/mol. The summed E-state index contributed by atoms with van der Waals surface area (Å²) in [6.45, 7) is 5.44. The molecular formula is C9H14NOP. The van der Waals surface area contributed by atoms with E-state index < -0.39 is 7.29 Å². The molecule has 0 aliphatic rings. The summed E-state index contributed by atoms with van der Waals surface area (Å²) in [4.78, 5) is 0. The number of aryl methyl sites for hydroxylation is 1. The molecule has 0 amide bonds. The van der Waals surface area contributed by atoms with Gasteiger partial charge in [-0.05, 0) is 18.6 Å². The lowest BCUT2D eigenvalue weighted by atomic mass is 10.2. The Bertz CT molecular complexity index is 316. The Morgan fingerprint density at radius 3 is 2.33 bits per heavy atom. The second-order valence-corrected chi connectivity index (χ2v) is 6.20. The molecule has 0 aromatic heterocycles. The van der Waals surface area contributed by atoms with Crippen molar-refractivity contribution in [3.05, 3.63) is 29.8 Å². The first-order valence-electron chi connectivity index (χ1n) is 3.88. The molecule has 66 valence electrons. The van der Waals surface area contributed by atoms with Crippen molar-refractivity contribution in [1.29, 1.82) is 0 Å². The van der Waals surface area contributed by atoms with E-state index in [1.165, 1.54) is 0 Å². The van der Waals surface area contributed by atoms with E-state index >= 15 is 0 Å². The zero-order chi connectivity index (χ0) is 9.19. The number of para-hydroxylation sites is 1. The number of hydrogen-bond acceptors (Lipinski definition) is 1. The standard InChI is InChI=1S/C9H14NOP/c1-8-6-4-5-7-9(8)10-12(2,3)11/h4-7H,1-3H3,(H,10,11). The van der Waals surface area contributed by atoms with Crippen molar-refractivity contribution in [2.45, 2.75) is 6.92 Å². The molecule has 0 aliphatic heterocycles. The summed E-state index contributed by atoms with van der Waals surface area (Å²) in [7, 11) is -2.16. The summed E-state index contributed by atoms with van der Waals surface area (Å²) in [5, 5.41) is 3.00. The first-order chi connectivity index (χ1) is 5.49. The van der Waals surface area contributed by atoms with Crippen LogP contribution in [0.2, 0.25) is 0 Å². The van der Waals surface area contributed by atoms with Crippen molar-refractivity contribution >= 4 is 13.0 Å². The van der Waals surface area contributed by atoms with Gasteiger partial charge in [-0.25, -0.2) is 0 Å². The second-order valence-electron chi connectivity index (χ2n) is 3.28. The second kappa shape index (κ2) is 3.32. The molecule has 3 heteroatoms. The first kappa shape index (κ1) is 9.34. The van der Waals surface area contributed by atoms with E-state index in [0.29, 0.717) is 0 Å².